The zero-order valence-corrected chi connectivity index (χ0v) is 14.1. The third-order valence-electron chi connectivity index (χ3n) is 7.04. The van der Waals surface area contributed by atoms with Gasteiger partial charge in [0.05, 0.1) is 12.5 Å². The van der Waals surface area contributed by atoms with E-state index in [0.29, 0.717) is 37.1 Å². The minimum Gasteiger partial charge on any atom is -0.336 e. The summed E-state index contributed by atoms with van der Waals surface area (Å²) in [5.74, 6) is -1.25. The molecule has 5 saturated carbocycles. The van der Waals surface area contributed by atoms with Gasteiger partial charge in [-0.1, -0.05) is 0 Å². The average molecular weight is 336 g/mol. The summed E-state index contributed by atoms with van der Waals surface area (Å²) in [6, 6.07) is 2.15. The minimum absolute atomic E-state index is 0.0932. The van der Waals surface area contributed by atoms with E-state index in [0.717, 1.165) is 19.3 Å². The number of carbonyl (C=O) groups is 1. The van der Waals surface area contributed by atoms with Crippen molar-refractivity contribution in [2.24, 2.45) is 23.7 Å². The van der Waals surface area contributed by atoms with Crippen molar-refractivity contribution in [3.8, 4) is 6.07 Å². The van der Waals surface area contributed by atoms with Gasteiger partial charge in [0.25, 0.3) is 0 Å². The molecule has 0 aromatic carbocycles. The van der Waals surface area contributed by atoms with Crippen LogP contribution in [0.2, 0.25) is 0 Å². The molecule has 132 valence electrons. The number of halogens is 2. The van der Waals surface area contributed by atoms with Crippen LogP contribution in [0.4, 0.5) is 8.78 Å². The Morgan fingerprint density at radius 2 is 1.67 bits per heavy atom. The molecular weight excluding hydrogens is 310 g/mol. The fraction of sp³-hybridized carbons (Fsp3) is 0.895. The number of hydrogen-bond acceptors (Lipinski definition) is 2. The van der Waals surface area contributed by atoms with Crippen LogP contribution in [0.5, 0.6) is 0 Å². The SMILES string of the molecule is N#CCCN(C(=O)C1CCC(F)(F)C1)C12CC3CC(CC(C3)C1)C2. The fourth-order valence-electron chi connectivity index (χ4n) is 6.52. The third kappa shape index (κ3) is 2.72. The lowest BCUT2D eigenvalue weighted by Crippen LogP contribution is -2.62. The summed E-state index contributed by atoms with van der Waals surface area (Å²) in [5, 5.41) is 9.02. The molecule has 5 rings (SSSR count). The van der Waals surface area contributed by atoms with Gasteiger partial charge in [-0.05, 0) is 62.7 Å². The van der Waals surface area contributed by atoms with Gasteiger partial charge in [-0.15, -0.1) is 0 Å². The maximum atomic E-state index is 13.6. The second kappa shape index (κ2) is 5.68. The van der Waals surface area contributed by atoms with Crippen LogP contribution in [0.1, 0.15) is 64.2 Å². The first-order valence-electron chi connectivity index (χ1n) is 9.47. The van der Waals surface area contributed by atoms with Crippen molar-refractivity contribution >= 4 is 5.91 Å². The molecule has 0 N–H and O–H groups in total. The Kier molecular flexibility index (Phi) is 3.85. The van der Waals surface area contributed by atoms with Crippen molar-refractivity contribution in [2.45, 2.75) is 75.7 Å². The standard InChI is InChI=1S/C19H26F2N2O/c20-19(21)3-2-16(12-19)17(24)23(5-1-4-22)18-9-13-6-14(10-18)8-15(7-13)11-18/h13-16H,1-3,5-12H2. The molecule has 1 amide bonds. The minimum atomic E-state index is -2.69. The summed E-state index contributed by atoms with van der Waals surface area (Å²) in [6.45, 7) is 0.420. The molecule has 5 heteroatoms. The van der Waals surface area contributed by atoms with Gasteiger partial charge in [0, 0.05) is 30.8 Å². The Morgan fingerprint density at radius 3 is 2.12 bits per heavy atom. The van der Waals surface area contributed by atoms with E-state index >= 15 is 0 Å². The van der Waals surface area contributed by atoms with Crippen LogP contribution in [0.25, 0.3) is 0 Å². The van der Waals surface area contributed by atoms with E-state index < -0.39 is 11.8 Å². The maximum Gasteiger partial charge on any atom is 0.248 e. The first-order chi connectivity index (χ1) is 11.4. The second-order valence-electron chi connectivity index (χ2n) is 8.84. The molecule has 5 fully saturated rings. The van der Waals surface area contributed by atoms with E-state index in [-0.39, 0.29) is 24.3 Å². The van der Waals surface area contributed by atoms with Gasteiger partial charge in [0.1, 0.15) is 0 Å². The zero-order chi connectivity index (χ0) is 16.9. The Labute approximate surface area is 142 Å². The highest BCUT2D eigenvalue weighted by molar-refractivity contribution is 5.80. The molecule has 5 aliphatic rings. The van der Waals surface area contributed by atoms with E-state index in [2.05, 4.69) is 6.07 Å². The molecule has 24 heavy (non-hydrogen) atoms. The van der Waals surface area contributed by atoms with Crippen molar-refractivity contribution in [1.82, 2.24) is 4.90 Å². The normalized spacial score (nSPS) is 42.0. The Bertz CT molecular complexity index is 533. The van der Waals surface area contributed by atoms with Crippen molar-refractivity contribution < 1.29 is 13.6 Å². The van der Waals surface area contributed by atoms with E-state index in [1.807, 2.05) is 4.90 Å². The summed E-state index contributed by atoms with van der Waals surface area (Å²) >= 11 is 0. The van der Waals surface area contributed by atoms with Crippen LogP contribution in [0.3, 0.4) is 0 Å². The van der Waals surface area contributed by atoms with Gasteiger partial charge in [-0.3, -0.25) is 4.79 Å². The highest BCUT2D eigenvalue weighted by Gasteiger charge is 2.56. The Morgan fingerprint density at radius 1 is 1.08 bits per heavy atom. The maximum absolute atomic E-state index is 13.6. The van der Waals surface area contributed by atoms with Crippen molar-refractivity contribution in [1.29, 1.82) is 5.26 Å². The van der Waals surface area contributed by atoms with E-state index in [4.69, 9.17) is 5.26 Å². The number of amides is 1. The number of carbonyl (C=O) groups excluding carboxylic acids is 1. The molecule has 3 nitrogen and oxygen atoms in total. The molecule has 0 aromatic heterocycles. The molecule has 4 bridgehead atoms. The summed E-state index contributed by atoms with van der Waals surface area (Å²) in [4.78, 5) is 15.0. The topological polar surface area (TPSA) is 44.1 Å². The first-order valence-corrected chi connectivity index (χ1v) is 9.47. The van der Waals surface area contributed by atoms with Gasteiger partial charge in [0.15, 0.2) is 0 Å². The average Bonchev–Trinajstić information content (AvgIpc) is 2.86. The molecule has 5 aliphatic carbocycles. The molecular formula is C19H26F2N2O. The molecule has 0 radical (unpaired) electrons. The number of rotatable bonds is 4. The highest BCUT2D eigenvalue weighted by Crippen LogP contribution is 2.58. The van der Waals surface area contributed by atoms with Crippen molar-refractivity contribution in [2.75, 3.05) is 6.54 Å². The van der Waals surface area contributed by atoms with E-state index in [9.17, 15) is 13.6 Å². The van der Waals surface area contributed by atoms with Gasteiger partial charge < -0.3 is 4.90 Å². The van der Waals surface area contributed by atoms with E-state index in [1.165, 1.54) is 19.3 Å². The quantitative estimate of drug-likeness (QED) is 0.775. The van der Waals surface area contributed by atoms with Crippen LogP contribution in [0, 0.1) is 35.0 Å². The predicted octanol–water partition coefficient (Wildman–Crippen LogP) is 4.13. The second-order valence-corrected chi connectivity index (χ2v) is 8.84. The van der Waals surface area contributed by atoms with Gasteiger partial charge >= 0.3 is 0 Å². The number of nitrogens with zero attached hydrogens (tertiary/aromatic N) is 2. The lowest BCUT2D eigenvalue weighted by Gasteiger charge is -2.60. The molecule has 1 unspecified atom stereocenters. The molecule has 0 saturated heterocycles. The number of hydrogen-bond donors (Lipinski definition) is 0. The fourth-order valence-corrected chi connectivity index (χ4v) is 6.52. The number of nitriles is 1. The Hall–Kier alpha value is -1.18. The first kappa shape index (κ1) is 16.3. The monoisotopic (exact) mass is 336 g/mol. The lowest BCUT2D eigenvalue weighted by molar-refractivity contribution is -0.155. The number of alkyl halides is 2. The van der Waals surface area contributed by atoms with Crippen molar-refractivity contribution in [3.05, 3.63) is 0 Å². The molecule has 0 spiro atoms. The Balaban J connectivity index is 1.58. The molecule has 0 aliphatic heterocycles. The predicted molar refractivity (Wildman–Crippen MR) is 85.1 cm³/mol. The van der Waals surface area contributed by atoms with Crippen LogP contribution in [-0.4, -0.2) is 28.8 Å². The van der Waals surface area contributed by atoms with Crippen molar-refractivity contribution in [3.63, 3.8) is 0 Å². The summed E-state index contributed by atoms with van der Waals surface area (Å²) in [7, 11) is 0. The molecule has 0 heterocycles. The van der Waals surface area contributed by atoms with Crippen LogP contribution in [-0.2, 0) is 4.79 Å². The van der Waals surface area contributed by atoms with Crippen LogP contribution >= 0.6 is 0 Å². The molecule has 1 atom stereocenters. The smallest absolute Gasteiger partial charge is 0.248 e. The lowest BCUT2D eigenvalue weighted by atomic mass is 9.52. The van der Waals surface area contributed by atoms with Crippen LogP contribution < -0.4 is 0 Å². The van der Waals surface area contributed by atoms with Gasteiger partial charge in [-0.2, -0.15) is 5.26 Å². The summed E-state index contributed by atoms with van der Waals surface area (Å²) in [6.07, 6.45) is 7.04. The summed E-state index contributed by atoms with van der Waals surface area (Å²) < 4.78 is 27.2. The van der Waals surface area contributed by atoms with Gasteiger partial charge in [-0.25, -0.2) is 8.78 Å². The third-order valence-corrected chi connectivity index (χ3v) is 7.04. The summed E-state index contributed by atoms with van der Waals surface area (Å²) in [5.41, 5.74) is -0.138. The molecule has 0 aromatic rings. The van der Waals surface area contributed by atoms with Gasteiger partial charge in [0.2, 0.25) is 11.8 Å². The van der Waals surface area contributed by atoms with E-state index in [1.54, 1.807) is 0 Å². The van der Waals surface area contributed by atoms with Crippen LogP contribution in [0.15, 0.2) is 0 Å². The highest BCUT2D eigenvalue weighted by atomic mass is 19.3. The largest absolute Gasteiger partial charge is 0.336 e. The zero-order valence-electron chi connectivity index (χ0n) is 14.1.